The Kier molecular flexibility index (Phi) is 4.23. The van der Waals surface area contributed by atoms with Crippen molar-refractivity contribution in [2.45, 2.75) is 0 Å². The molecule has 0 heteroatoms. The number of benzene rings is 5. The SMILES string of the molecule is [c]1ccc(-c2cc(-c3ccccc3)cc(-c3ccccc3)c2)c2ccccc12. The van der Waals surface area contributed by atoms with E-state index in [1.54, 1.807) is 0 Å². The van der Waals surface area contributed by atoms with Crippen LogP contribution in [0.5, 0.6) is 0 Å². The zero-order chi connectivity index (χ0) is 18.8. The molecule has 0 heterocycles. The molecule has 0 bridgehead atoms. The van der Waals surface area contributed by atoms with Gasteiger partial charge in [-0.3, -0.25) is 0 Å². The number of hydrogen-bond donors (Lipinski definition) is 0. The normalized spacial score (nSPS) is 10.9. The van der Waals surface area contributed by atoms with E-state index < -0.39 is 0 Å². The quantitative estimate of drug-likeness (QED) is 0.312. The summed E-state index contributed by atoms with van der Waals surface area (Å²) in [6, 6.07) is 44.1. The Morgan fingerprint density at radius 2 is 0.964 bits per heavy atom. The molecule has 0 atom stereocenters. The van der Waals surface area contributed by atoms with Gasteiger partial charge < -0.3 is 0 Å². The summed E-state index contributed by atoms with van der Waals surface area (Å²) in [5, 5.41) is 2.38. The van der Waals surface area contributed by atoms with Crippen molar-refractivity contribution in [3.63, 3.8) is 0 Å². The maximum absolute atomic E-state index is 3.35. The van der Waals surface area contributed by atoms with Gasteiger partial charge in [0.15, 0.2) is 0 Å². The molecule has 28 heavy (non-hydrogen) atoms. The van der Waals surface area contributed by atoms with E-state index in [4.69, 9.17) is 0 Å². The average Bonchev–Trinajstić information content (AvgIpc) is 2.79. The Labute approximate surface area is 165 Å². The van der Waals surface area contributed by atoms with Crippen molar-refractivity contribution in [3.05, 3.63) is 121 Å². The molecule has 0 amide bonds. The van der Waals surface area contributed by atoms with Gasteiger partial charge in [-0.25, -0.2) is 0 Å². The van der Waals surface area contributed by atoms with Crippen LogP contribution >= 0.6 is 0 Å². The van der Waals surface area contributed by atoms with Gasteiger partial charge in [0.1, 0.15) is 0 Å². The van der Waals surface area contributed by atoms with Crippen molar-refractivity contribution in [2.75, 3.05) is 0 Å². The van der Waals surface area contributed by atoms with Crippen molar-refractivity contribution >= 4 is 10.8 Å². The Morgan fingerprint density at radius 3 is 1.61 bits per heavy atom. The van der Waals surface area contributed by atoms with Crippen LogP contribution in [0, 0.1) is 6.07 Å². The lowest BCUT2D eigenvalue weighted by molar-refractivity contribution is 1.57. The minimum Gasteiger partial charge on any atom is -0.0622 e. The van der Waals surface area contributed by atoms with Crippen LogP contribution in [0.25, 0.3) is 44.2 Å². The van der Waals surface area contributed by atoms with Crippen LogP contribution < -0.4 is 0 Å². The van der Waals surface area contributed by atoms with E-state index in [2.05, 4.69) is 115 Å². The summed E-state index contributed by atoms with van der Waals surface area (Å²) in [6.07, 6.45) is 0. The second kappa shape index (κ2) is 7.17. The highest BCUT2D eigenvalue weighted by Gasteiger charge is 2.09. The lowest BCUT2D eigenvalue weighted by Gasteiger charge is -2.13. The Bertz CT molecular complexity index is 1170. The predicted molar refractivity (Wildman–Crippen MR) is 119 cm³/mol. The fraction of sp³-hybridized carbons (Fsp3) is 0. The van der Waals surface area contributed by atoms with Gasteiger partial charge in [-0.1, -0.05) is 97.1 Å². The summed E-state index contributed by atoms with van der Waals surface area (Å²) in [7, 11) is 0. The number of fused-ring (bicyclic) bond motifs is 1. The molecule has 1 radical (unpaired) electrons. The van der Waals surface area contributed by atoms with Crippen LogP contribution in [0.4, 0.5) is 0 Å². The van der Waals surface area contributed by atoms with Gasteiger partial charge in [-0.05, 0) is 68.4 Å². The third-order valence-corrected chi connectivity index (χ3v) is 5.16. The molecule has 0 aliphatic rings. The number of hydrogen-bond acceptors (Lipinski definition) is 0. The highest BCUT2D eigenvalue weighted by Crippen LogP contribution is 2.35. The Hall–Kier alpha value is -3.64. The molecule has 0 spiro atoms. The lowest BCUT2D eigenvalue weighted by atomic mass is 9.91. The molecule has 0 aliphatic heterocycles. The minimum absolute atomic E-state index is 1.14. The highest BCUT2D eigenvalue weighted by molar-refractivity contribution is 5.97. The summed E-state index contributed by atoms with van der Waals surface area (Å²) >= 11 is 0. The molecule has 0 saturated heterocycles. The van der Waals surface area contributed by atoms with Crippen LogP contribution in [-0.4, -0.2) is 0 Å². The van der Waals surface area contributed by atoms with E-state index in [1.807, 2.05) is 6.07 Å². The largest absolute Gasteiger partial charge is 0.0622 e. The maximum Gasteiger partial charge on any atom is -0.00987 e. The monoisotopic (exact) mass is 355 g/mol. The third-order valence-electron chi connectivity index (χ3n) is 5.16. The molecule has 0 N–H and O–H groups in total. The van der Waals surface area contributed by atoms with Gasteiger partial charge >= 0.3 is 0 Å². The number of rotatable bonds is 3. The molecule has 0 saturated carbocycles. The van der Waals surface area contributed by atoms with Crippen LogP contribution in [0.15, 0.2) is 115 Å². The van der Waals surface area contributed by atoms with Crippen LogP contribution in [0.3, 0.4) is 0 Å². The van der Waals surface area contributed by atoms with Crippen LogP contribution in [0.2, 0.25) is 0 Å². The average molecular weight is 355 g/mol. The van der Waals surface area contributed by atoms with Gasteiger partial charge in [0.2, 0.25) is 0 Å². The first-order valence-corrected chi connectivity index (χ1v) is 9.54. The molecule has 0 unspecified atom stereocenters. The first-order valence-electron chi connectivity index (χ1n) is 9.54. The summed E-state index contributed by atoms with van der Waals surface area (Å²) in [6.45, 7) is 0. The molecule has 0 aliphatic carbocycles. The molecule has 131 valence electrons. The van der Waals surface area contributed by atoms with Gasteiger partial charge in [-0.2, -0.15) is 0 Å². The second-order valence-electron chi connectivity index (χ2n) is 6.97. The highest BCUT2D eigenvalue weighted by atomic mass is 14.1. The third kappa shape index (κ3) is 3.10. The lowest BCUT2D eigenvalue weighted by Crippen LogP contribution is -1.87. The van der Waals surface area contributed by atoms with E-state index in [9.17, 15) is 0 Å². The zero-order valence-electron chi connectivity index (χ0n) is 15.5. The van der Waals surface area contributed by atoms with E-state index in [1.165, 1.54) is 38.8 Å². The zero-order valence-corrected chi connectivity index (χ0v) is 15.5. The maximum atomic E-state index is 3.35. The van der Waals surface area contributed by atoms with Crippen LogP contribution in [-0.2, 0) is 0 Å². The van der Waals surface area contributed by atoms with Gasteiger partial charge in [0.25, 0.3) is 0 Å². The molecular formula is C28H19. The Balaban J connectivity index is 1.78. The first-order chi connectivity index (χ1) is 13.9. The van der Waals surface area contributed by atoms with Gasteiger partial charge in [0, 0.05) is 0 Å². The summed E-state index contributed by atoms with van der Waals surface area (Å²) < 4.78 is 0. The fourth-order valence-corrected chi connectivity index (χ4v) is 3.78. The second-order valence-corrected chi connectivity index (χ2v) is 6.97. The van der Waals surface area contributed by atoms with E-state index in [-0.39, 0.29) is 0 Å². The van der Waals surface area contributed by atoms with Crippen molar-refractivity contribution in [3.8, 4) is 33.4 Å². The van der Waals surface area contributed by atoms with Crippen LogP contribution in [0.1, 0.15) is 0 Å². The minimum atomic E-state index is 1.14. The topological polar surface area (TPSA) is 0 Å². The fourth-order valence-electron chi connectivity index (χ4n) is 3.78. The van der Waals surface area contributed by atoms with E-state index in [0.29, 0.717) is 0 Å². The molecule has 0 nitrogen and oxygen atoms in total. The molecule has 5 rings (SSSR count). The summed E-state index contributed by atoms with van der Waals surface area (Å²) in [5.41, 5.74) is 7.39. The summed E-state index contributed by atoms with van der Waals surface area (Å²) in [4.78, 5) is 0. The molecule has 5 aromatic carbocycles. The van der Waals surface area contributed by atoms with E-state index in [0.717, 1.165) is 5.39 Å². The van der Waals surface area contributed by atoms with Crippen molar-refractivity contribution in [1.29, 1.82) is 0 Å². The standard InChI is InChI=1S/C28H19/c1-3-10-21(11-4-1)24-18-25(22-12-5-2-6-13-22)20-26(19-24)28-17-9-15-23-14-7-8-16-27(23)28/h1-14,16-20H. The molecular weight excluding hydrogens is 336 g/mol. The van der Waals surface area contributed by atoms with Gasteiger partial charge in [0.05, 0.1) is 0 Å². The van der Waals surface area contributed by atoms with Crippen molar-refractivity contribution in [2.24, 2.45) is 0 Å². The molecule has 5 aromatic rings. The smallest absolute Gasteiger partial charge is 0.00987 e. The van der Waals surface area contributed by atoms with Crippen molar-refractivity contribution in [1.82, 2.24) is 0 Å². The molecule has 0 aromatic heterocycles. The Morgan fingerprint density at radius 1 is 0.429 bits per heavy atom. The molecule has 0 fully saturated rings. The van der Waals surface area contributed by atoms with Crippen molar-refractivity contribution < 1.29 is 0 Å². The summed E-state index contributed by atoms with van der Waals surface area (Å²) in [5.74, 6) is 0. The van der Waals surface area contributed by atoms with E-state index >= 15 is 0 Å². The first kappa shape index (κ1) is 16.5. The predicted octanol–water partition coefficient (Wildman–Crippen LogP) is 7.64. The van der Waals surface area contributed by atoms with Gasteiger partial charge in [-0.15, -0.1) is 0 Å².